The Balaban J connectivity index is 1.14. The van der Waals surface area contributed by atoms with Crippen LogP contribution in [0.2, 0.25) is 0 Å². The summed E-state index contributed by atoms with van der Waals surface area (Å²) in [5.41, 5.74) is 3.04. The van der Waals surface area contributed by atoms with Crippen molar-refractivity contribution in [3.8, 4) is 11.3 Å². The predicted octanol–water partition coefficient (Wildman–Crippen LogP) is 3.30. The summed E-state index contributed by atoms with van der Waals surface area (Å²) in [5, 5.41) is 14.3. The molecule has 2 saturated heterocycles. The number of carbonyl (C=O) groups excluding carboxylic acids is 3. The number of likely N-dealkylation sites (tertiary alicyclic amines) is 1. The fourth-order valence-corrected chi connectivity index (χ4v) is 5.72. The number of thiazole rings is 1. The molecule has 2 N–H and O–H groups in total. The molecule has 0 unspecified atom stereocenters. The molecule has 11 heteroatoms. The van der Waals surface area contributed by atoms with Gasteiger partial charge < -0.3 is 20.1 Å². The summed E-state index contributed by atoms with van der Waals surface area (Å²) in [6, 6.07) is 16.1. The Morgan fingerprint density at radius 3 is 2.48 bits per heavy atom. The fourth-order valence-electron chi connectivity index (χ4n) is 4.99. The van der Waals surface area contributed by atoms with Crippen LogP contribution in [-0.4, -0.2) is 94.6 Å². The van der Waals surface area contributed by atoms with Gasteiger partial charge in [-0.1, -0.05) is 42.5 Å². The lowest BCUT2D eigenvalue weighted by Crippen LogP contribution is -2.49. The number of β-amino-alcohol motifs (C(OH)–C–C–N with tert-alkyl or cyclic N) is 1. The Bertz CT molecular complexity index is 1310. The minimum absolute atomic E-state index is 0.00941. The third-order valence-electron chi connectivity index (χ3n) is 7.23. The molecule has 3 amide bonds. The van der Waals surface area contributed by atoms with Gasteiger partial charge in [0.1, 0.15) is 12.6 Å². The van der Waals surface area contributed by atoms with E-state index in [-0.39, 0.29) is 25.0 Å². The monoisotopic (exact) mass is 563 g/mol. The van der Waals surface area contributed by atoms with Crippen LogP contribution in [0.1, 0.15) is 28.8 Å². The van der Waals surface area contributed by atoms with Gasteiger partial charge in [-0.05, 0) is 30.5 Å². The number of aromatic nitrogens is 1. The Labute approximate surface area is 237 Å². The van der Waals surface area contributed by atoms with Crippen LogP contribution >= 0.6 is 11.3 Å². The van der Waals surface area contributed by atoms with Crippen molar-refractivity contribution < 1.29 is 24.2 Å². The number of rotatable bonds is 8. The molecule has 0 radical (unpaired) electrons. The number of ether oxygens (including phenoxy) is 1. The summed E-state index contributed by atoms with van der Waals surface area (Å²) in [7, 11) is 0. The molecule has 2 aromatic carbocycles. The smallest absolute Gasteiger partial charge is 0.410 e. The highest BCUT2D eigenvalue weighted by Gasteiger charge is 2.35. The minimum Gasteiger partial charge on any atom is -0.445 e. The Morgan fingerprint density at radius 2 is 1.75 bits per heavy atom. The summed E-state index contributed by atoms with van der Waals surface area (Å²) in [6.07, 6.45) is 0.796. The molecular formula is C29H33N5O5S. The Hall–Kier alpha value is -3.80. The third-order valence-corrected chi connectivity index (χ3v) is 7.99. The molecule has 1 aromatic heterocycles. The van der Waals surface area contributed by atoms with Gasteiger partial charge in [0.2, 0.25) is 5.91 Å². The minimum atomic E-state index is -0.605. The number of amides is 3. The largest absolute Gasteiger partial charge is 0.445 e. The molecule has 5 rings (SSSR count). The first-order valence-corrected chi connectivity index (χ1v) is 14.4. The van der Waals surface area contributed by atoms with Gasteiger partial charge in [-0.25, -0.2) is 9.78 Å². The summed E-state index contributed by atoms with van der Waals surface area (Å²) < 4.78 is 5.44. The van der Waals surface area contributed by atoms with Crippen molar-refractivity contribution in [1.29, 1.82) is 0 Å². The highest BCUT2D eigenvalue weighted by Crippen LogP contribution is 2.27. The fraction of sp³-hybridized carbons (Fsp3) is 0.379. The van der Waals surface area contributed by atoms with Gasteiger partial charge >= 0.3 is 6.09 Å². The number of carbonyl (C=O) groups is 3. The van der Waals surface area contributed by atoms with Crippen LogP contribution in [0.4, 0.5) is 9.93 Å². The van der Waals surface area contributed by atoms with E-state index in [0.29, 0.717) is 49.0 Å². The second-order valence-electron chi connectivity index (χ2n) is 9.85. The molecule has 40 heavy (non-hydrogen) atoms. The van der Waals surface area contributed by atoms with E-state index in [4.69, 9.17) is 9.84 Å². The van der Waals surface area contributed by atoms with Crippen molar-refractivity contribution in [3.05, 3.63) is 71.1 Å². The lowest BCUT2D eigenvalue weighted by molar-refractivity contribution is -0.120. The average Bonchev–Trinajstić information content (AvgIpc) is 3.67. The first-order valence-electron chi connectivity index (χ1n) is 13.5. The van der Waals surface area contributed by atoms with Gasteiger partial charge in [-0.15, -0.1) is 11.3 Å². The number of nitrogens with one attached hydrogen (secondary N) is 1. The molecule has 210 valence electrons. The van der Waals surface area contributed by atoms with Gasteiger partial charge in [0.25, 0.3) is 5.91 Å². The lowest BCUT2D eigenvalue weighted by atomic mass is 10.1. The second-order valence-corrected chi connectivity index (χ2v) is 10.7. The van der Waals surface area contributed by atoms with E-state index >= 15 is 0 Å². The van der Waals surface area contributed by atoms with Crippen LogP contribution in [0.5, 0.6) is 0 Å². The molecule has 2 aliphatic rings. The third kappa shape index (κ3) is 6.67. The van der Waals surface area contributed by atoms with Crippen LogP contribution < -0.4 is 5.32 Å². The van der Waals surface area contributed by atoms with E-state index in [1.54, 1.807) is 12.1 Å². The first-order chi connectivity index (χ1) is 19.5. The van der Waals surface area contributed by atoms with E-state index in [9.17, 15) is 14.4 Å². The van der Waals surface area contributed by atoms with Crippen LogP contribution in [0.3, 0.4) is 0 Å². The van der Waals surface area contributed by atoms with E-state index in [1.165, 1.54) is 16.2 Å². The topological polar surface area (TPSA) is 115 Å². The molecule has 3 heterocycles. The number of hydrogen-bond acceptors (Lipinski definition) is 8. The maximum absolute atomic E-state index is 13.0. The summed E-state index contributed by atoms with van der Waals surface area (Å²) in [5.74, 6) is -0.292. The standard InChI is InChI=1S/C29H33N5O5S/c35-18-17-32-13-15-33(16-14-32)27(37)23-10-8-22(9-11-23)24-20-40-28(30-24)31-26(36)25-7-4-12-34(25)29(38)39-19-21-5-2-1-3-6-21/h1-3,5-6,8-11,20,25,35H,4,7,12-19H2,(H,30,31,36)/t25-/m0/s1. The molecule has 0 saturated carbocycles. The molecule has 0 bridgehead atoms. The van der Waals surface area contributed by atoms with Gasteiger partial charge in [0.05, 0.1) is 12.3 Å². The number of aliphatic hydroxyl groups excluding tert-OH is 1. The molecule has 2 fully saturated rings. The Kier molecular flexibility index (Phi) is 9.04. The highest BCUT2D eigenvalue weighted by molar-refractivity contribution is 7.14. The number of aliphatic hydroxyl groups is 1. The van der Waals surface area contributed by atoms with Crippen molar-refractivity contribution in [3.63, 3.8) is 0 Å². The molecule has 0 spiro atoms. The van der Waals surface area contributed by atoms with Crippen molar-refractivity contribution in [2.45, 2.75) is 25.5 Å². The number of benzene rings is 2. The summed E-state index contributed by atoms with van der Waals surface area (Å²) in [4.78, 5) is 48.6. The molecule has 3 aromatic rings. The zero-order chi connectivity index (χ0) is 27.9. The van der Waals surface area contributed by atoms with Crippen molar-refractivity contribution in [1.82, 2.24) is 19.7 Å². The molecule has 2 aliphatic heterocycles. The second kappa shape index (κ2) is 13.0. The lowest BCUT2D eigenvalue weighted by Gasteiger charge is -2.34. The van der Waals surface area contributed by atoms with Crippen LogP contribution in [-0.2, 0) is 16.1 Å². The van der Waals surface area contributed by atoms with Crippen molar-refractivity contribution in [2.24, 2.45) is 0 Å². The van der Waals surface area contributed by atoms with Crippen molar-refractivity contribution >= 4 is 34.4 Å². The molecule has 1 atom stereocenters. The van der Waals surface area contributed by atoms with Gasteiger partial charge in [-0.2, -0.15) is 0 Å². The normalized spacial score (nSPS) is 17.6. The number of nitrogens with zero attached hydrogens (tertiary/aromatic N) is 4. The molecule has 10 nitrogen and oxygen atoms in total. The SMILES string of the molecule is O=C(Nc1nc(-c2ccc(C(=O)N3CCN(CCO)CC3)cc2)cs1)[C@@H]1CCCN1C(=O)OCc1ccccc1. The maximum atomic E-state index is 13.0. The van der Waals surface area contributed by atoms with E-state index in [0.717, 1.165) is 30.6 Å². The predicted molar refractivity (Wildman–Crippen MR) is 152 cm³/mol. The number of hydrogen-bond donors (Lipinski definition) is 2. The maximum Gasteiger partial charge on any atom is 0.410 e. The highest BCUT2D eigenvalue weighted by atomic mass is 32.1. The van der Waals surface area contributed by atoms with Gasteiger partial charge in [-0.3, -0.25) is 19.4 Å². The summed E-state index contributed by atoms with van der Waals surface area (Å²) >= 11 is 1.31. The average molecular weight is 564 g/mol. The van der Waals surface area contributed by atoms with Gasteiger partial charge in [0, 0.05) is 55.8 Å². The van der Waals surface area contributed by atoms with Crippen LogP contribution in [0, 0.1) is 0 Å². The number of piperazine rings is 1. The molecular weight excluding hydrogens is 530 g/mol. The van der Waals surface area contributed by atoms with Crippen LogP contribution in [0.15, 0.2) is 60.0 Å². The zero-order valence-corrected chi connectivity index (χ0v) is 23.0. The van der Waals surface area contributed by atoms with E-state index in [1.807, 2.05) is 52.7 Å². The van der Waals surface area contributed by atoms with E-state index < -0.39 is 12.1 Å². The Morgan fingerprint density at radius 1 is 1.00 bits per heavy atom. The quantitative estimate of drug-likeness (QED) is 0.432. The summed E-state index contributed by atoms with van der Waals surface area (Å²) in [6.45, 7) is 4.17. The van der Waals surface area contributed by atoms with Crippen molar-refractivity contribution in [2.75, 3.05) is 51.2 Å². The number of anilines is 1. The van der Waals surface area contributed by atoms with Gasteiger partial charge in [0.15, 0.2) is 5.13 Å². The zero-order valence-electron chi connectivity index (χ0n) is 22.2. The van der Waals surface area contributed by atoms with E-state index in [2.05, 4.69) is 15.2 Å². The first kappa shape index (κ1) is 27.8. The van der Waals surface area contributed by atoms with Crippen LogP contribution in [0.25, 0.3) is 11.3 Å². The molecule has 0 aliphatic carbocycles.